The molecule has 0 radical (unpaired) electrons. The standard InChI is InChI=1S/C17H25N3O3/c1-12-6-7-13(23-12)8-9-16(21)20-15-5-3-2-4-14(15)17(22)19-11-10-18/h2-5,12-13H,6-11,18H2,1H3,(H,19,22)(H,20,21). The van der Waals surface area contributed by atoms with E-state index in [0.29, 0.717) is 37.2 Å². The van der Waals surface area contributed by atoms with Gasteiger partial charge in [-0.15, -0.1) is 0 Å². The summed E-state index contributed by atoms with van der Waals surface area (Å²) in [4.78, 5) is 24.2. The van der Waals surface area contributed by atoms with Crippen LogP contribution in [0.4, 0.5) is 5.69 Å². The Hall–Kier alpha value is -1.92. The molecule has 1 aliphatic rings. The van der Waals surface area contributed by atoms with Crippen molar-refractivity contribution in [1.82, 2.24) is 5.32 Å². The number of nitrogens with two attached hydrogens (primary N) is 1. The third-order valence-electron chi connectivity index (χ3n) is 3.89. The number of carbonyl (C=O) groups is 2. The van der Waals surface area contributed by atoms with Crippen LogP contribution in [0.25, 0.3) is 0 Å². The molecule has 0 saturated carbocycles. The van der Waals surface area contributed by atoms with Crippen LogP contribution in [0.5, 0.6) is 0 Å². The summed E-state index contributed by atoms with van der Waals surface area (Å²) >= 11 is 0. The van der Waals surface area contributed by atoms with Crippen molar-refractivity contribution in [2.45, 2.75) is 44.8 Å². The number of amides is 2. The second-order valence-corrected chi connectivity index (χ2v) is 5.82. The fourth-order valence-electron chi connectivity index (χ4n) is 2.67. The van der Waals surface area contributed by atoms with Gasteiger partial charge in [-0.1, -0.05) is 12.1 Å². The summed E-state index contributed by atoms with van der Waals surface area (Å²) < 4.78 is 5.71. The number of para-hydroxylation sites is 1. The van der Waals surface area contributed by atoms with E-state index in [-0.39, 0.29) is 24.0 Å². The second kappa shape index (κ2) is 8.64. The SMILES string of the molecule is CC1CCC(CCC(=O)Nc2ccccc2C(=O)NCCN)O1. The molecule has 6 heteroatoms. The summed E-state index contributed by atoms with van der Waals surface area (Å²) in [5.74, 6) is -0.341. The Morgan fingerprint density at radius 2 is 2.09 bits per heavy atom. The highest BCUT2D eigenvalue weighted by molar-refractivity contribution is 6.03. The van der Waals surface area contributed by atoms with Crippen LogP contribution >= 0.6 is 0 Å². The fraction of sp³-hybridized carbons (Fsp3) is 0.529. The van der Waals surface area contributed by atoms with Crippen molar-refractivity contribution in [3.8, 4) is 0 Å². The topological polar surface area (TPSA) is 93.5 Å². The number of carbonyl (C=O) groups excluding carboxylic acids is 2. The van der Waals surface area contributed by atoms with E-state index in [1.807, 2.05) is 0 Å². The highest BCUT2D eigenvalue weighted by atomic mass is 16.5. The molecule has 126 valence electrons. The second-order valence-electron chi connectivity index (χ2n) is 5.82. The van der Waals surface area contributed by atoms with Gasteiger partial charge in [-0.25, -0.2) is 0 Å². The molecular formula is C17H25N3O3. The number of nitrogens with one attached hydrogen (secondary N) is 2. The third kappa shape index (κ3) is 5.33. The zero-order valence-electron chi connectivity index (χ0n) is 13.5. The lowest BCUT2D eigenvalue weighted by Gasteiger charge is -2.13. The summed E-state index contributed by atoms with van der Waals surface area (Å²) in [5, 5.41) is 5.53. The zero-order valence-corrected chi connectivity index (χ0v) is 13.5. The summed E-state index contributed by atoms with van der Waals surface area (Å²) in [6.07, 6.45) is 3.60. The van der Waals surface area contributed by atoms with Gasteiger partial charge in [0.2, 0.25) is 5.91 Å². The predicted molar refractivity (Wildman–Crippen MR) is 89.3 cm³/mol. The summed E-state index contributed by atoms with van der Waals surface area (Å²) in [6, 6.07) is 6.96. The van der Waals surface area contributed by atoms with E-state index in [1.165, 1.54) is 0 Å². The predicted octanol–water partition coefficient (Wildman–Crippen LogP) is 1.66. The molecule has 2 atom stereocenters. The number of benzene rings is 1. The van der Waals surface area contributed by atoms with Gasteiger partial charge < -0.3 is 21.1 Å². The van der Waals surface area contributed by atoms with Gasteiger partial charge in [0.1, 0.15) is 0 Å². The fourth-order valence-corrected chi connectivity index (χ4v) is 2.67. The molecule has 1 aromatic rings. The van der Waals surface area contributed by atoms with Gasteiger partial charge in [-0.3, -0.25) is 9.59 Å². The monoisotopic (exact) mass is 319 g/mol. The lowest BCUT2D eigenvalue weighted by atomic mass is 10.1. The number of ether oxygens (including phenoxy) is 1. The minimum atomic E-state index is -0.237. The van der Waals surface area contributed by atoms with E-state index in [4.69, 9.17) is 10.5 Å². The minimum Gasteiger partial charge on any atom is -0.375 e. The Kier molecular flexibility index (Phi) is 6.55. The van der Waals surface area contributed by atoms with Gasteiger partial charge in [0.15, 0.2) is 0 Å². The van der Waals surface area contributed by atoms with Gasteiger partial charge in [0.05, 0.1) is 23.5 Å². The Morgan fingerprint density at radius 3 is 2.78 bits per heavy atom. The Bertz CT molecular complexity index is 548. The molecule has 2 unspecified atom stereocenters. The average Bonchev–Trinajstić information content (AvgIpc) is 2.96. The highest BCUT2D eigenvalue weighted by Crippen LogP contribution is 2.23. The number of rotatable bonds is 7. The van der Waals surface area contributed by atoms with Crippen LogP contribution in [0.1, 0.15) is 43.0 Å². The highest BCUT2D eigenvalue weighted by Gasteiger charge is 2.22. The first-order valence-corrected chi connectivity index (χ1v) is 8.12. The first kappa shape index (κ1) is 17.4. The molecule has 6 nitrogen and oxygen atoms in total. The Morgan fingerprint density at radius 1 is 1.30 bits per heavy atom. The van der Waals surface area contributed by atoms with E-state index in [2.05, 4.69) is 17.6 Å². The third-order valence-corrected chi connectivity index (χ3v) is 3.89. The molecule has 1 heterocycles. The van der Waals surface area contributed by atoms with Crippen LogP contribution in [0.2, 0.25) is 0 Å². The van der Waals surface area contributed by atoms with Gasteiger partial charge in [-0.05, 0) is 38.3 Å². The normalized spacial score (nSPS) is 20.3. The molecule has 1 aromatic carbocycles. The smallest absolute Gasteiger partial charge is 0.253 e. The van der Waals surface area contributed by atoms with E-state index in [9.17, 15) is 9.59 Å². The van der Waals surface area contributed by atoms with Crippen molar-refractivity contribution >= 4 is 17.5 Å². The molecule has 1 saturated heterocycles. The van der Waals surface area contributed by atoms with Crippen LogP contribution in [0, 0.1) is 0 Å². The number of hydrogen-bond acceptors (Lipinski definition) is 4. The molecule has 4 N–H and O–H groups in total. The molecule has 23 heavy (non-hydrogen) atoms. The van der Waals surface area contributed by atoms with Crippen LogP contribution in [-0.4, -0.2) is 37.1 Å². The summed E-state index contributed by atoms with van der Waals surface area (Å²) in [6.45, 7) is 2.83. The molecule has 1 fully saturated rings. The van der Waals surface area contributed by atoms with Crippen molar-refractivity contribution < 1.29 is 14.3 Å². The molecule has 1 aliphatic heterocycles. The lowest BCUT2D eigenvalue weighted by molar-refractivity contribution is -0.116. The van der Waals surface area contributed by atoms with Crippen LogP contribution in [0.15, 0.2) is 24.3 Å². The molecule has 0 aromatic heterocycles. The Balaban J connectivity index is 1.88. The van der Waals surface area contributed by atoms with Crippen molar-refractivity contribution in [3.63, 3.8) is 0 Å². The first-order chi connectivity index (χ1) is 11.1. The van der Waals surface area contributed by atoms with E-state index >= 15 is 0 Å². The van der Waals surface area contributed by atoms with Gasteiger partial charge >= 0.3 is 0 Å². The first-order valence-electron chi connectivity index (χ1n) is 8.12. The van der Waals surface area contributed by atoms with Crippen molar-refractivity contribution in [2.24, 2.45) is 5.73 Å². The maximum absolute atomic E-state index is 12.1. The maximum atomic E-state index is 12.1. The Labute approximate surface area is 136 Å². The van der Waals surface area contributed by atoms with Crippen LogP contribution in [-0.2, 0) is 9.53 Å². The maximum Gasteiger partial charge on any atom is 0.253 e. The number of anilines is 1. The largest absolute Gasteiger partial charge is 0.375 e. The van der Waals surface area contributed by atoms with Crippen LogP contribution < -0.4 is 16.4 Å². The lowest BCUT2D eigenvalue weighted by Crippen LogP contribution is -2.30. The van der Waals surface area contributed by atoms with Crippen molar-refractivity contribution in [2.75, 3.05) is 18.4 Å². The molecule has 2 rings (SSSR count). The molecule has 0 aliphatic carbocycles. The van der Waals surface area contributed by atoms with Crippen molar-refractivity contribution in [3.05, 3.63) is 29.8 Å². The van der Waals surface area contributed by atoms with E-state index in [1.54, 1.807) is 24.3 Å². The van der Waals surface area contributed by atoms with Gasteiger partial charge in [-0.2, -0.15) is 0 Å². The van der Waals surface area contributed by atoms with Gasteiger partial charge in [0.25, 0.3) is 5.91 Å². The number of hydrogen-bond donors (Lipinski definition) is 3. The average molecular weight is 319 g/mol. The van der Waals surface area contributed by atoms with Crippen molar-refractivity contribution in [1.29, 1.82) is 0 Å². The molecule has 2 amide bonds. The summed E-state index contributed by atoms with van der Waals surface area (Å²) in [5.41, 5.74) is 6.35. The molecule has 0 spiro atoms. The molecular weight excluding hydrogens is 294 g/mol. The van der Waals surface area contributed by atoms with Gasteiger partial charge in [0, 0.05) is 19.5 Å². The van der Waals surface area contributed by atoms with E-state index in [0.717, 1.165) is 12.8 Å². The minimum absolute atomic E-state index is 0.104. The quantitative estimate of drug-likeness (QED) is 0.712. The zero-order chi connectivity index (χ0) is 16.7. The molecule has 0 bridgehead atoms. The van der Waals surface area contributed by atoms with E-state index < -0.39 is 0 Å². The van der Waals surface area contributed by atoms with Crippen LogP contribution in [0.3, 0.4) is 0 Å². The summed E-state index contributed by atoms with van der Waals surface area (Å²) in [7, 11) is 0.